The summed E-state index contributed by atoms with van der Waals surface area (Å²) >= 11 is 1.44. The van der Waals surface area contributed by atoms with Crippen molar-refractivity contribution in [3.63, 3.8) is 0 Å². The topological polar surface area (TPSA) is 17.1 Å². The normalized spacial score (nSPS) is 9.31. The van der Waals surface area contributed by atoms with E-state index in [0.717, 1.165) is 15.3 Å². The van der Waals surface area contributed by atoms with Gasteiger partial charge in [-0.2, -0.15) is 0 Å². The van der Waals surface area contributed by atoms with E-state index in [2.05, 4.69) is 11.8 Å². The van der Waals surface area contributed by atoms with Crippen molar-refractivity contribution in [2.24, 2.45) is 0 Å². The molecule has 0 aliphatic rings. The van der Waals surface area contributed by atoms with Gasteiger partial charge >= 0.3 is 0 Å². The largest absolute Gasteiger partial charge is 0.294 e. The van der Waals surface area contributed by atoms with Gasteiger partial charge in [0, 0.05) is 5.56 Å². The van der Waals surface area contributed by atoms with Crippen LogP contribution in [-0.4, -0.2) is 5.78 Å². The van der Waals surface area contributed by atoms with Gasteiger partial charge in [0.1, 0.15) is 0 Å². The van der Waals surface area contributed by atoms with E-state index in [1.165, 1.54) is 11.3 Å². The highest BCUT2D eigenvalue weighted by atomic mass is 32.1. The third-order valence-corrected chi connectivity index (χ3v) is 3.16. The Hall–Kier alpha value is -1.85. The van der Waals surface area contributed by atoms with Crippen LogP contribution in [0.4, 0.5) is 0 Å². The molecule has 78 valence electrons. The molecular formula is C14H10OS. The smallest absolute Gasteiger partial charge is 0.169 e. The van der Waals surface area contributed by atoms with Crippen molar-refractivity contribution in [3.05, 3.63) is 57.8 Å². The van der Waals surface area contributed by atoms with Gasteiger partial charge in [-0.15, -0.1) is 11.3 Å². The van der Waals surface area contributed by atoms with Gasteiger partial charge in [-0.1, -0.05) is 30.0 Å². The number of hydrogen-bond acceptors (Lipinski definition) is 2. The Kier molecular flexibility index (Phi) is 3.19. The predicted octanol–water partition coefficient (Wildman–Crippen LogP) is 3.35. The molecule has 2 aromatic rings. The van der Waals surface area contributed by atoms with Gasteiger partial charge in [0.15, 0.2) is 5.78 Å². The Labute approximate surface area is 98.7 Å². The van der Waals surface area contributed by atoms with Crippen LogP contribution < -0.4 is 0 Å². The summed E-state index contributed by atoms with van der Waals surface area (Å²) in [7, 11) is 0. The van der Waals surface area contributed by atoms with Crippen LogP contribution in [0.1, 0.15) is 27.0 Å². The molecule has 1 aromatic carbocycles. The molecule has 0 saturated heterocycles. The van der Waals surface area contributed by atoms with E-state index in [1.807, 2.05) is 42.5 Å². The van der Waals surface area contributed by atoms with Gasteiger partial charge in [0.25, 0.3) is 0 Å². The van der Waals surface area contributed by atoms with Crippen molar-refractivity contribution in [3.8, 4) is 11.8 Å². The van der Waals surface area contributed by atoms with Crippen LogP contribution in [0, 0.1) is 11.8 Å². The number of benzene rings is 1. The Bertz CT molecular complexity index is 555. The second kappa shape index (κ2) is 4.78. The highest BCUT2D eigenvalue weighted by Crippen LogP contribution is 2.15. The number of ketones is 1. The van der Waals surface area contributed by atoms with Crippen molar-refractivity contribution < 1.29 is 4.79 Å². The summed E-state index contributed by atoms with van der Waals surface area (Å²) in [6.07, 6.45) is 0. The number of carbonyl (C=O) groups excluding carboxylic acids is 1. The molecule has 0 amide bonds. The Balaban J connectivity index is 2.21. The fourth-order valence-electron chi connectivity index (χ4n) is 1.25. The Morgan fingerprint density at radius 3 is 2.44 bits per heavy atom. The van der Waals surface area contributed by atoms with Crippen molar-refractivity contribution in [2.45, 2.75) is 6.92 Å². The molecule has 2 heteroatoms. The van der Waals surface area contributed by atoms with E-state index in [9.17, 15) is 4.79 Å². The summed E-state index contributed by atoms with van der Waals surface area (Å²) in [6.45, 7) is 1.57. The van der Waals surface area contributed by atoms with Crippen LogP contribution in [0.2, 0.25) is 0 Å². The standard InChI is InChI=1S/C14H10OS/c1-11(15)14-10-9-13(16-14)8-7-12-5-3-2-4-6-12/h2-6,9-10H,1H3. The molecule has 0 spiro atoms. The predicted molar refractivity (Wildman–Crippen MR) is 66.7 cm³/mol. The van der Waals surface area contributed by atoms with E-state index < -0.39 is 0 Å². The lowest BCUT2D eigenvalue weighted by Gasteiger charge is -1.85. The monoisotopic (exact) mass is 226 g/mol. The molecule has 0 unspecified atom stereocenters. The fraction of sp³-hybridized carbons (Fsp3) is 0.0714. The number of Topliss-reactive ketones (excluding diaryl/α,β-unsaturated/α-hetero) is 1. The van der Waals surface area contributed by atoms with Crippen LogP contribution in [0.25, 0.3) is 0 Å². The average Bonchev–Trinajstić information content (AvgIpc) is 2.76. The third-order valence-electron chi connectivity index (χ3n) is 2.06. The molecular weight excluding hydrogens is 216 g/mol. The summed E-state index contributed by atoms with van der Waals surface area (Å²) in [6, 6.07) is 13.5. The zero-order valence-electron chi connectivity index (χ0n) is 8.86. The molecule has 0 atom stereocenters. The van der Waals surface area contributed by atoms with E-state index in [-0.39, 0.29) is 5.78 Å². The summed E-state index contributed by atoms with van der Waals surface area (Å²) in [5.74, 6) is 6.21. The minimum Gasteiger partial charge on any atom is -0.294 e. The van der Waals surface area contributed by atoms with Gasteiger partial charge in [-0.3, -0.25) is 4.79 Å². The highest BCUT2D eigenvalue weighted by molar-refractivity contribution is 7.14. The molecule has 0 bridgehead atoms. The molecule has 16 heavy (non-hydrogen) atoms. The van der Waals surface area contributed by atoms with Gasteiger partial charge in [0.2, 0.25) is 0 Å². The van der Waals surface area contributed by atoms with E-state index in [1.54, 1.807) is 6.92 Å². The van der Waals surface area contributed by atoms with E-state index in [0.29, 0.717) is 0 Å². The molecule has 0 N–H and O–H groups in total. The van der Waals surface area contributed by atoms with Gasteiger partial charge in [-0.25, -0.2) is 0 Å². The Morgan fingerprint density at radius 2 is 1.81 bits per heavy atom. The quantitative estimate of drug-likeness (QED) is 0.538. The first-order chi connectivity index (χ1) is 7.75. The van der Waals surface area contributed by atoms with Crippen LogP contribution in [-0.2, 0) is 0 Å². The van der Waals surface area contributed by atoms with Crippen molar-refractivity contribution in [2.75, 3.05) is 0 Å². The summed E-state index contributed by atoms with van der Waals surface area (Å²) in [5.41, 5.74) is 0.986. The van der Waals surface area contributed by atoms with Gasteiger partial charge < -0.3 is 0 Å². The van der Waals surface area contributed by atoms with Crippen LogP contribution in [0.15, 0.2) is 42.5 Å². The van der Waals surface area contributed by atoms with E-state index in [4.69, 9.17) is 0 Å². The van der Waals surface area contributed by atoms with Crippen molar-refractivity contribution >= 4 is 17.1 Å². The third kappa shape index (κ3) is 2.59. The zero-order chi connectivity index (χ0) is 11.4. The van der Waals surface area contributed by atoms with Crippen molar-refractivity contribution in [1.82, 2.24) is 0 Å². The zero-order valence-corrected chi connectivity index (χ0v) is 9.67. The number of hydrogen-bond donors (Lipinski definition) is 0. The SMILES string of the molecule is CC(=O)c1ccc(C#Cc2ccccc2)s1. The average molecular weight is 226 g/mol. The van der Waals surface area contributed by atoms with Crippen LogP contribution >= 0.6 is 11.3 Å². The first kappa shape index (κ1) is 10.7. The molecule has 0 aliphatic carbocycles. The molecule has 0 saturated carbocycles. The first-order valence-electron chi connectivity index (χ1n) is 4.93. The lowest BCUT2D eigenvalue weighted by atomic mass is 10.2. The summed E-state index contributed by atoms with van der Waals surface area (Å²) in [4.78, 5) is 12.8. The maximum atomic E-state index is 11.1. The van der Waals surface area contributed by atoms with Gasteiger partial charge in [0.05, 0.1) is 9.75 Å². The van der Waals surface area contributed by atoms with Crippen LogP contribution in [0.5, 0.6) is 0 Å². The molecule has 1 heterocycles. The molecule has 0 fully saturated rings. The first-order valence-corrected chi connectivity index (χ1v) is 5.75. The molecule has 0 radical (unpaired) electrons. The number of thiophene rings is 1. The number of rotatable bonds is 1. The second-order valence-electron chi connectivity index (χ2n) is 3.34. The molecule has 1 aromatic heterocycles. The molecule has 0 aliphatic heterocycles. The van der Waals surface area contributed by atoms with E-state index >= 15 is 0 Å². The lowest BCUT2D eigenvalue weighted by molar-refractivity contribution is 0.102. The maximum absolute atomic E-state index is 11.1. The highest BCUT2D eigenvalue weighted by Gasteiger charge is 2.01. The maximum Gasteiger partial charge on any atom is 0.169 e. The minimum absolute atomic E-state index is 0.0951. The summed E-state index contributed by atoms with van der Waals surface area (Å²) in [5, 5.41) is 0. The van der Waals surface area contributed by atoms with Crippen molar-refractivity contribution in [1.29, 1.82) is 0 Å². The minimum atomic E-state index is 0.0951. The molecule has 2 rings (SSSR count). The Morgan fingerprint density at radius 1 is 1.06 bits per heavy atom. The fourth-order valence-corrected chi connectivity index (χ4v) is 2.00. The van der Waals surface area contributed by atoms with Crippen LogP contribution in [0.3, 0.4) is 0 Å². The second-order valence-corrected chi connectivity index (χ2v) is 4.42. The summed E-state index contributed by atoms with van der Waals surface area (Å²) < 4.78 is 0. The lowest BCUT2D eigenvalue weighted by Crippen LogP contribution is -1.83. The molecule has 1 nitrogen and oxygen atoms in total. The van der Waals surface area contributed by atoms with Gasteiger partial charge in [-0.05, 0) is 31.2 Å². The number of carbonyl (C=O) groups is 1.